The van der Waals surface area contributed by atoms with E-state index in [1.165, 1.54) is 10.0 Å². The van der Waals surface area contributed by atoms with Gasteiger partial charge in [-0.2, -0.15) is 0 Å². The molecule has 0 amide bonds. The Morgan fingerprint density at radius 1 is 1.12 bits per heavy atom. The van der Waals surface area contributed by atoms with Crippen LogP contribution in [-0.4, -0.2) is 7.05 Å². The SMILES string of the molecule is CNC(c1cc(Br)ccc1Br)C(C)C(C)C. The van der Waals surface area contributed by atoms with E-state index in [2.05, 4.69) is 76.1 Å². The van der Waals surface area contributed by atoms with E-state index in [4.69, 9.17) is 0 Å². The van der Waals surface area contributed by atoms with E-state index in [0.29, 0.717) is 17.9 Å². The Hall–Kier alpha value is 0.140. The highest BCUT2D eigenvalue weighted by Crippen LogP contribution is 2.33. The van der Waals surface area contributed by atoms with Crippen LogP contribution in [0.3, 0.4) is 0 Å². The lowest BCUT2D eigenvalue weighted by atomic mass is 9.86. The Morgan fingerprint density at radius 2 is 1.75 bits per heavy atom. The van der Waals surface area contributed by atoms with Crippen LogP contribution in [0.2, 0.25) is 0 Å². The molecule has 2 atom stereocenters. The molecule has 0 aliphatic rings. The summed E-state index contributed by atoms with van der Waals surface area (Å²) in [7, 11) is 2.02. The van der Waals surface area contributed by atoms with Gasteiger partial charge in [-0.1, -0.05) is 52.6 Å². The first kappa shape index (κ1) is 14.2. The van der Waals surface area contributed by atoms with Crippen molar-refractivity contribution in [3.8, 4) is 0 Å². The maximum Gasteiger partial charge on any atom is 0.0357 e. The monoisotopic (exact) mass is 347 g/mol. The predicted molar refractivity (Wildman–Crippen MR) is 77.6 cm³/mol. The van der Waals surface area contributed by atoms with Crippen molar-refractivity contribution < 1.29 is 0 Å². The molecule has 0 saturated carbocycles. The fourth-order valence-electron chi connectivity index (χ4n) is 1.84. The highest BCUT2D eigenvalue weighted by molar-refractivity contribution is 9.11. The quantitative estimate of drug-likeness (QED) is 0.826. The van der Waals surface area contributed by atoms with Gasteiger partial charge in [0.05, 0.1) is 0 Å². The molecule has 1 N–H and O–H groups in total. The Balaban J connectivity index is 3.07. The Kier molecular flexibility index (Phi) is 5.48. The Bertz CT molecular complexity index is 350. The molecule has 1 rings (SSSR count). The van der Waals surface area contributed by atoms with E-state index in [1.54, 1.807) is 0 Å². The second kappa shape index (κ2) is 6.18. The smallest absolute Gasteiger partial charge is 0.0357 e. The average Bonchev–Trinajstić information content (AvgIpc) is 2.23. The minimum Gasteiger partial charge on any atom is -0.313 e. The summed E-state index contributed by atoms with van der Waals surface area (Å²) >= 11 is 7.16. The van der Waals surface area contributed by atoms with Crippen molar-refractivity contribution in [1.82, 2.24) is 5.32 Å². The van der Waals surface area contributed by atoms with Crippen LogP contribution < -0.4 is 5.32 Å². The van der Waals surface area contributed by atoms with Gasteiger partial charge in [-0.25, -0.2) is 0 Å². The first-order chi connectivity index (χ1) is 7.47. The predicted octanol–water partition coefficient (Wildman–Crippen LogP) is 4.76. The maximum absolute atomic E-state index is 3.63. The lowest BCUT2D eigenvalue weighted by molar-refractivity contribution is 0.316. The number of benzene rings is 1. The molecule has 0 saturated heterocycles. The maximum atomic E-state index is 3.63. The van der Waals surface area contributed by atoms with Crippen LogP contribution in [0.4, 0.5) is 0 Å². The van der Waals surface area contributed by atoms with Crippen molar-refractivity contribution in [2.75, 3.05) is 7.05 Å². The zero-order valence-corrected chi connectivity index (χ0v) is 13.4. The number of rotatable bonds is 4. The van der Waals surface area contributed by atoms with Gasteiger partial charge in [0, 0.05) is 15.0 Å². The van der Waals surface area contributed by atoms with E-state index in [0.717, 1.165) is 4.47 Å². The van der Waals surface area contributed by atoms with E-state index in [1.807, 2.05) is 7.05 Å². The van der Waals surface area contributed by atoms with Crippen molar-refractivity contribution in [3.63, 3.8) is 0 Å². The molecule has 0 fully saturated rings. The van der Waals surface area contributed by atoms with Crippen molar-refractivity contribution in [3.05, 3.63) is 32.7 Å². The standard InChI is InChI=1S/C13H19Br2N/c1-8(2)9(3)13(16-4)11-7-10(14)5-6-12(11)15/h5-9,13,16H,1-4H3. The van der Waals surface area contributed by atoms with Gasteiger partial charge < -0.3 is 5.32 Å². The zero-order chi connectivity index (χ0) is 12.3. The average molecular weight is 349 g/mol. The highest BCUT2D eigenvalue weighted by Gasteiger charge is 2.22. The lowest BCUT2D eigenvalue weighted by Crippen LogP contribution is -2.27. The third-order valence-electron chi connectivity index (χ3n) is 3.18. The molecule has 0 radical (unpaired) electrons. The van der Waals surface area contributed by atoms with E-state index < -0.39 is 0 Å². The molecular weight excluding hydrogens is 330 g/mol. The molecule has 16 heavy (non-hydrogen) atoms. The van der Waals surface area contributed by atoms with Crippen LogP contribution in [0.25, 0.3) is 0 Å². The summed E-state index contributed by atoms with van der Waals surface area (Å²) < 4.78 is 2.30. The minimum atomic E-state index is 0.381. The molecule has 3 heteroatoms. The Morgan fingerprint density at radius 3 is 2.25 bits per heavy atom. The number of hydrogen-bond donors (Lipinski definition) is 1. The van der Waals surface area contributed by atoms with E-state index >= 15 is 0 Å². The lowest BCUT2D eigenvalue weighted by Gasteiger charge is -2.28. The molecule has 0 aromatic heterocycles. The molecule has 1 aromatic carbocycles. The molecule has 0 heterocycles. The number of nitrogens with one attached hydrogen (secondary N) is 1. The van der Waals surface area contributed by atoms with Crippen LogP contribution in [-0.2, 0) is 0 Å². The van der Waals surface area contributed by atoms with Gasteiger partial charge in [-0.05, 0) is 42.6 Å². The third kappa shape index (κ3) is 3.31. The molecule has 0 aliphatic heterocycles. The van der Waals surface area contributed by atoms with Gasteiger partial charge in [-0.3, -0.25) is 0 Å². The summed E-state index contributed by atoms with van der Waals surface area (Å²) in [6, 6.07) is 6.72. The van der Waals surface area contributed by atoms with Gasteiger partial charge in [0.15, 0.2) is 0 Å². The summed E-state index contributed by atoms with van der Waals surface area (Å²) in [4.78, 5) is 0. The van der Waals surface area contributed by atoms with Gasteiger partial charge in [0.25, 0.3) is 0 Å². The second-order valence-electron chi connectivity index (χ2n) is 4.54. The Labute approximate surface area is 115 Å². The van der Waals surface area contributed by atoms with Gasteiger partial charge in [0.2, 0.25) is 0 Å². The fraction of sp³-hybridized carbons (Fsp3) is 0.538. The summed E-state index contributed by atoms with van der Waals surface area (Å²) in [5.74, 6) is 1.25. The summed E-state index contributed by atoms with van der Waals surface area (Å²) in [6.07, 6.45) is 0. The summed E-state index contributed by atoms with van der Waals surface area (Å²) in [5.41, 5.74) is 1.32. The van der Waals surface area contributed by atoms with E-state index in [-0.39, 0.29) is 0 Å². The molecule has 90 valence electrons. The molecule has 2 unspecified atom stereocenters. The van der Waals surface area contributed by atoms with Crippen LogP contribution >= 0.6 is 31.9 Å². The van der Waals surface area contributed by atoms with Crippen LogP contribution in [0.5, 0.6) is 0 Å². The van der Waals surface area contributed by atoms with Gasteiger partial charge >= 0.3 is 0 Å². The molecule has 1 aromatic rings. The van der Waals surface area contributed by atoms with E-state index in [9.17, 15) is 0 Å². The van der Waals surface area contributed by atoms with Crippen molar-refractivity contribution >= 4 is 31.9 Å². The molecule has 0 spiro atoms. The summed E-state index contributed by atoms with van der Waals surface area (Å²) in [5, 5.41) is 3.42. The van der Waals surface area contributed by atoms with Crippen molar-refractivity contribution in [1.29, 1.82) is 0 Å². The molecular formula is C13H19Br2N. The van der Waals surface area contributed by atoms with Gasteiger partial charge in [0.1, 0.15) is 0 Å². The molecule has 0 bridgehead atoms. The summed E-state index contributed by atoms with van der Waals surface area (Å²) in [6.45, 7) is 6.82. The van der Waals surface area contributed by atoms with Gasteiger partial charge in [-0.15, -0.1) is 0 Å². The zero-order valence-electron chi connectivity index (χ0n) is 10.2. The van der Waals surface area contributed by atoms with Crippen molar-refractivity contribution in [2.45, 2.75) is 26.8 Å². The second-order valence-corrected chi connectivity index (χ2v) is 6.31. The van der Waals surface area contributed by atoms with Crippen LogP contribution in [0, 0.1) is 11.8 Å². The molecule has 1 nitrogen and oxygen atoms in total. The highest BCUT2D eigenvalue weighted by atomic mass is 79.9. The first-order valence-electron chi connectivity index (χ1n) is 5.59. The van der Waals surface area contributed by atoms with Crippen molar-refractivity contribution in [2.24, 2.45) is 11.8 Å². The largest absolute Gasteiger partial charge is 0.313 e. The fourth-order valence-corrected chi connectivity index (χ4v) is 2.71. The third-order valence-corrected chi connectivity index (χ3v) is 4.40. The van der Waals surface area contributed by atoms with Crippen LogP contribution in [0.1, 0.15) is 32.4 Å². The topological polar surface area (TPSA) is 12.0 Å². The first-order valence-corrected chi connectivity index (χ1v) is 7.18. The van der Waals surface area contributed by atoms with Crippen LogP contribution in [0.15, 0.2) is 27.1 Å². The number of halogens is 2. The minimum absolute atomic E-state index is 0.381. The number of hydrogen-bond acceptors (Lipinski definition) is 1. The normalized spacial score (nSPS) is 15.2. The molecule has 0 aliphatic carbocycles.